The third kappa shape index (κ3) is 3.92. The Balaban J connectivity index is 1.70. The van der Waals surface area contributed by atoms with Gasteiger partial charge in [-0.1, -0.05) is 12.1 Å². The molecule has 0 atom stereocenters. The molecule has 3 aromatic rings. The molecule has 0 aliphatic heterocycles. The van der Waals surface area contributed by atoms with E-state index in [-0.39, 0.29) is 22.9 Å². The molecule has 0 aliphatic carbocycles. The highest BCUT2D eigenvalue weighted by molar-refractivity contribution is 6.03. The normalized spacial score (nSPS) is 10.4. The van der Waals surface area contributed by atoms with Gasteiger partial charge in [-0.3, -0.25) is 4.79 Å². The van der Waals surface area contributed by atoms with Gasteiger partial charge in [0, 0.05) is 24.1 Å². The first-order valence-corrected chi connectivity index (χ1v) is 7.13. The van der Waals surface area contributed by atoms with Gasteiger partial charge in [-0.05, 0) is 24.3 Å². The summed E-state index contributed by atoms with van der Waals surface area (Å²) in [7, 11) is 0. The molecule has 3 rings (SSSR count). The fourth-order valence-corrected chi connectivity index (χ4v) is 1.97. The van der Waals surface area contributed by atoms with Gasteiger partial charge in [-0.2, -0.15) is 0 Å². The van der Waals surface area contributed by atoms with Crippen molar-refractivity contribution < 1.29 is 18.0 Å². The Morgan fingerprint density at radius 1 is 0.880 bits per heavy atom. The smallest absolute Gasteiger partial charge is 0.258 e. The van der Waals surface area contributed by atoms with Crippen LogP contribution in [0.4, 0.5) is 30.5 Å². The Hall–Kier alpha value is -3.42. The summed E-state index contributed by atoms with van der Waals surface area (Å²) in [5.74, 6) is -3.02. The lowest BCUT2D eigenvalue weighted by molar-refractivity contribution is 0.102. The third-order valence-electron chi connectivity index (χ3n) is 3.21. The topological polar surface area (TPSA) is 66.9 Å². The van der Waals surface area contributed by atoms with Gasteiger partial charge in [0.05, 0.1) is 11.3 Å². The lowest BCUT2D eigenvalue weighted by Gasteiger charge is -2.07. The van der Waals surface area contributed by atoms with Gasteiger partial charge in [-0.25, -0.2) is 23.1 Å². The predicted molar refractivity (Wildman–Crippen MR) is 86.0 cm³/mol. The Morgan fingerprint density at radius 3 is 2.28 bits per heavy atom. The average Bonchev–Trinajstić information content (AvgIpc) is 2.61. The monoisotopic (exact) mass is 344 g/mol. The van der Waals surface area contributed by atoms with Gasteiger partial charge < -0.3 is 10.6 Å². The van der Waals surface area contributed by atoms with E-state index >= 15 is 0 Å². The second-order valence-corrected chi connectivity index (χ2v) is 4.98. The first kappa shape index (κ1) is 16.4. The molecular weight excluding hydrogens is 333 g/mol. The summed E-state index contributed by atoms with van der Waals surface area (Å²) < 4.78 is 39.6. The van der Waals surface area contributed by atoms with Gasteiger partial charge in [0.15, 0.2) is 11.6 Å². The van der Waals surface area contributed by atoms with Crippen LogP contribution in [0.3, 0.4) is 0 Å². The fourth-order valence-electron chi connectivity index (χ4n) is 1.97. The fraction of sp³-hybridized carbons (Fsp3) is 0. The van der Waals surface area contributed by atoms with Crippen LogP contribution in [0.25, 0.3) is 0 Å². The number of hydrogen-bond donors (Lipinski definition) is 2. The zero-order chi connectivity index (χ0) is 17.8. The molecule has 2 N–H and O–H groups in total. The zero-order valence-electron chi connectivity index (χ0n) is 12.6. The second kappa shape index (κ2) is 7.00. The van der Waals surface area contributed by atoms with Crippen LogP contribution < -0.4 is 10.6 Å². The van der Waals surface area contributed by atoms with Crippen LogP contribution in [-0.2, 0) is 0 Å². The molecule has 25 heavy (non-hydrogen) atoms. The molecule has 1 amide bonds. The molecule has 126 valence electrons. The largest absolute Gasteiger partial charge is 0.324 e. The molecule has 0 aliphatic rings. The van der Waals surface area contributed by atoms with Gasteiger partial charge in [-0.15, -0.1) is 0 Å². The number of carbonyl (C=O) groups is 1. The van der Waals surface area contributed by atoms with E-state index < -0.39 is 23.4 Å². The zero-order valence-corrected chi connectivity index (χ0v) is 12.6. The van der Waals surface area contributed by atoms with Crippen LogP contribution >= 0.6 is 0 Å². The van der Waals surface area contributed by atoms with Crippen LogP contribution in [0.15, 0.2) is 54.9 Å². The van der Waals surface area contributed by atoms with E-state index in [0.29, 0.717) is 0 Å². The van der Waals surface area contributed by atoms with E-state index in [2.05, 4.69) is 20.6 Å². The van der Waals surface area contributed by atoms with Gasteiger partial charge in [0.1, 0.15) is 5.82 Å². The summed E-state index contributed by atoms with van der Waals surface area (Å²) in [5, 5.41) is 5.08. The van der Waals surface area contributed by atoms with Crippen molar-refractivity contribution in [1.82, 2.24) is 9.97 Å². The number of aromatic nitrogens is 2. The van der Waals surface area contributed by atoms with E-state index in [1.54, 1.807) is 6.07 Å². The first-order chi connectivity index (χ1) is 12.0. The molecule has 1 heterocycles. The summed E-state index contributed by atoms with van der Waals surface area (Å²) >= 11 is 0. The Bertz CT molecular complexity index is 916. The number of nitrogens with zero attached hydrogens (tertiary/aromatic N) is 2. The predicted octanol–water partition coefficient (Wildman–Crippen LogP) is 3.89. The summed E-state index contributed by atoms with van der Waals surface area (Å²) in [5.41, 5.74) is 0.401. The number of carbonyl (C=O) groups excluding carboxylic acids is 1. The van der Waals surface area contributed by atoms with Crippen molar-refractivity contribution in [3.8, 4) is 0 Å². The van der Waals surface area contributed by atoms with Gasteiger partial charge in [0.25, 0.3) is 5.91 Å². The van der Waals surface area contributed by atoms with Crippen LogP contribution in [-0.4, -0.2) is 15.9 Å². The van der Waals surface area contributed by atoms with Crippen molar-refractivity contribution in [2.24, 2.45) is 0 Å². The molecule has 5 nitrogen and oxygen atoms in total. The third-order valence-corrected chi connectivity index (χ3v) is 3.21. The molecule has 0 bridgehead atoms. The Labute approximate surface area is 140 Å². The van der Waals surface area contributed by atoms with E-state index in [1.807, 2.05) is 0 Å². The van der Waals surface area contributed by atoms with Gasteiger partial charge in [0.2, 0.25) is 5.95 Å². The number of halogens is 3. The minimum absolute atomic E-state index is 0.0384. The van der Waals surface area contributed by atoms with E-state index in [9.17, 15) is 18.0 Å². The summed E-state index contributed by atoms with van der Waals surface area (Å²) in [6.45, 7) is 0. The van der Waals surface area contributed by atoms with Crippen LogP contribution in [0.2, 0.25) is 0 Å². The molecule has 0 unspecified atom stereocenters. The van der Waals surface area contributed by atoms with E-state index in [4.69, 9.17) is 0 Å². The lowest BCUT2D eigenvalue weighted by atomic mass is 10.2. The number of hydrogen-bond acceptors (Lipinski definition) is 4. The minimum atomic E-state index is -1.01. The Kier molecular flexibility index (Phi) is 4.60. The number of para-hydroxylation sites is 1. The maximum atomic E-state index is 13.5. The quantitative estimate of drug-likeness (QED) is 0.753. The van der Waals surface area contributed by atoms with Crippen LogP contribution in [0, 0.1) is 17.5 Å². The standard InChI is InChI=1S/C17H11F3N4O/c18-12-6-5-11(7-14(12)20)23-17-21-8-10(9-22-17)16(25)24-15-4-2-1-3-13(15)19/h1-9H,(H,24,25)(H,21,22,23). The van der Waals surface area contributed by atoms with E-state index in [0.717, 1.165) is 12.1 Å². The highest BCUT2D eigenvalue weighted by Crippen LogP contribution is 2.17. The summed E-state index contributed by atoms with van der Waals surface area (Å²) in [6.07, 6.45) is 2.46. The molecule has 0 saturated carbocycles. The van der Waals surface area contributed by atoms with Crippen molar-refractivity contribution in [2.45, 2.75) is 0 Å². The summed E-state index contributed by atoms with van der Waals surface area (Å²) in [6, 6.07) is 8.98. The number of amides is 1. The molecule has 8 heteroatoms. The summed E-state index contributed by atoms with van der Waals surface area (Å²) in [4.78, 5) is 19.9. The highest BCUT2D eigenvalue weighted by atomic mass is 19.2. The molecule has 1 aromatic heterocycles. The maximum absolute atomic E-state index is 13.5. The number of anilines is 3. The average molecular weight is 344 g/mol. The maximum Gasteiger partial charge on any atom is 0.258 e. The van der Waals surface area contributed by atoms with Crippen molar-refractivity contribution in [1.29, 1.82) is 0 Å². The van der Waals surface area contributed by atoms with Crippen molar-refractivity contribution in [2.75, 3.05) is 10.6 Å². The minimum Gasteiger partial charge on any atom is -0.324 e. The Morgan fingerprint density at radius 2 is 1.60 bits per heavy atom. The molecule has 2 aromatic carbocycles. The first-order valence-electron chi connectivity index (χ1n) is 7.13. The number of nitrogens with one attached hydrogen (secondary N) is 2. The SMILES string of the molecule is O=C(Nc1ccccc1F)c1cnc(Nc2ccc(F)c(F)c2)nc1. The number of rotatable bonds is 4. The second-order valence-electron chi connectivity index (χ2n) is 4.98. The van der Waals surface area contributed by atoms with E-state index in [1.165, 1.54) is 36.7 Å². The van der Waals surface area contributed by atoms with Crippen molar-refractivity contribution >= 4 is 23.2 Å². The van der Waals surface area contributed by atoms with Crippen molar-refractivity contribution in [3.63, 3.8) is 0 Å². The van der Waals surface area contributed by atoms with Crippen molar-refractivity contribution in [3.05, 3.63) is 77.9 Å². The molecule has 0 spiro atoms. The molecule has 0 fully saturated rings. The lowest BCUT2D eigenvalue weighted by Crippen LogP contribution is -2.14. The molecule has 0 saturated heterocycles. The number of benzene rings is 2. The highest BCUT2D eigenvalue weighted by Gasteiger charge is 2.10. The molecular formula is C17H11F3N4O. The molecule has 0 radical (unpaired) electrons. The van der Waals surface area contributed by atoms with Crippen LogP contribution in [0.1, 0.15) is 10.4 Å². The van der Waals surface area contributed by atoms with Gasteiger partial charge >= 0.3 is 0 Å². The van der Waals surface area contributed by atoms with Crippen LogP contribution in [0.5, 0.6) is 0 Å².